The van der Waals surface area contributed by atoms with E-state index in [1.165, 1.54) is 50.4 Å². The van der Waals surface area contributed by atoms with Crippen molar-refractivity contribution in [3.63, 3.8) is 0 Å². The minimum Gasteiger partial charge on any atom is -0.508 e. The first-order valence-corrected chi connectivity index (χ1v) is 16.0. The fourth-order valence-electron chi connectivity index (χ4n) is 7.06. The normalized spacial score (nSPS) is 22.3. The maximum atomic E-state index is 16.0. The van der Waals surface area contributed by atoms with Gasteiger partial charge in [-0.25, -0.2) is 13.2 Å². The Hall–Kier alpha value is -3.95. The average Bonchev–Trinajstić information content (AvgIpc) is 3.55. The van der Waals surface area contributed by atoms with Crippen LogP contribution in [0.15, 0.2) is 30.5 Å². The molecule has 4 fully saturated rings. The highest BCUT2D eigenvalue weighted by Crippen LogP contribution is 2.44. The second-order valence-corrected chi connectivity index (χ2v) is 13.5. The standard InChI is InChI=1S/C25H18F2N4O3S.C7H12FN/c1-3-15-18(26)5-4-13-6-14(32)7-16(19(13)15)21-20(27)22-17(8-28-21)23(30-24(29-22)34-2)31-9-25(10-31)11-35(33)12-25;8-6-4-7-2-1-3-9(7)5-6/h1,4-8,32H,9-12H2,2H3;6-7H,1-5H2. The lowest BCUT2D eigenvalue weighted by Gasteiger charge is -2.55. The molecule has 0 aliphatic carbocycles. The van der Waals surface area contributed by atoms with Crippen molar-refractivity contribution in [3.8, 4) is 35.4 Å². The third kappa shape index (κ3) is 4.82. The van der Waals surface area contributed by atoms with Gasteiger partial charge in [0.2, 0.25) is 0 Å². The molecule has 0 radical (unpaired) electrons. The van der Waals surface area contributed by atoms with Crippen LogP contribution in [0.1, 0.15) is 24.8 Å². The molecule has 4 aromatic rings. The number of aromatic nitrogens is 3. The zero-order valence-corrected chi connectivity index (χ0v) is 24.8. The number of alkyl halides is 1. The van der Waals surface area contributed by atoms with Crippen molar-refractivity contribution < 1.29 is 27.2 Å². The van der Waals surface area contributed by atoms with Gasteiger partial charge in [-0.3, -0.25) is 14.1 Å². The maximum absolute atomic E-state index is 16.0. The number of aromatic hydroxyl groups is 1. The Morgan fingerprint density at radius 3 is 2.70 bits per heavy atom. The Labute approximate surface area is 254 Å². The summed E-state index contributed by atoms with van der Waals surface area (Å²) in [5.74, 6) is 2.55. The number of benzene rings is 2. The number of hydrogen-bond donors (Lipinski definition) is 1. The molecule has 12 heteroatoms. The third-order valence-electron chi connectivity index (χ3n) is 9.02. The summed E-state index contributed by atoms with van der Waals surface area (Å²) >= 11 is 0. The number of pyridine rings is 1. The lowest BCUT2D eigenvalue weighted by Crippen LogP contribution is -2.67. The van der Waals surface area contributed by atoms with Gasteiger partial charge in [0.25, 0.3) is 0 Å². The molecule has 0 bridgehead atoms. The number of ether oxygens (including phenoxy) is 1. The van der Waals surface area contributed by atoms with Crippen molar-refractivity contribution in [2.24, 2.45) is 5.41 Å². The first kappa shape index (κ1) is 28.8. The van der Waals surface area contributed by atoms with Crippen molar-refractivity contribution in [2.45, 2.75) is 31.5 Å². The first-order valence-electron chi connectivity index (χ1n) is 14.5. The summed E-state index contributed by atoms with van der Waals surface area (Å²) in [6, 6.07) is 5.98. The molecule has 6 heterocycles. The number of methoxy groups -OCH3 is 1. The van der Waals surface area contributed by atoms with Gasteiger partial charge in [0.1, 0.15) is 34.8 Å². The minimum absolute atomic E-state index is 0.0114. The van der Waals surface area contributed by atoms with Crippen LogP contribution in [0.2, 0.25) is 0 Å². The highest BCUT2D eigenvalue weighted by molar-refractivity contribution is 7.86. The van der Waals surface area contributed by atoms with Gasteiger partial charge in [0, 0.05) is 70.5 Å². The summed E-state index contributed by atoms with van der Waals surface area (Å²) in [7, 11) is 0.613. The Morgan fingerprint density at radius 2 is 2.00 bits per heavy atom. The summed E-state index contributed by atoms with van der Waals surface area (Å²) in [5.41, 5.74) is -0.0570. The van der Waals surface area contributed by atoms with Gasteiger partial charge in [-0.2, -0.15) is 9.97 Å². The van der Waals surface area contributed by atoms with E-state index < -0.39 is 28.6 Å². The Kier molecular flexibility index (Phi) is 7.13. The SMILES string of the molecule is C#Cc1c(F)ccc2cc(O)cc(-c3ncc4c(N5CC6(C5)CS(=O)C6)nc(OC)nc4c3F)c12.FC1CC2CCCN2C1. The number of hydrogen-bond acceptors (Lipinski definition) is 8. The molecule has 8 nitrogen and oxygen atoms in total. The van der Waals surface area contributed by atoms with Crippen LogP contribution in [0, 0.1) is 29.4 Å². The molecule has 4 aliphatic rings. The number of rotatable bonds is 3. The molecule has 8 rings (SSSR count). The number of fused-ring (bicyclic) bond motifs is 3. The van der Waals surface area contributed by atoms with Crippen LogP contribution in [0.4, 0.5) is 19.0 Å². The lowest BCUT2D eigenvalue weighted by atomic mass is 9.83. The predicted molar refractivity (Wildman–Crippen MR) is 163 cm³/mol. The summed E-state index contributed by atoms with van der Waals surface area (Å²) < 4.78 is 59.9. The Bertz CT molecular complexity index is 1850. The quantitative estimate of drug-likeness (QED) is 0.333. The van der Waals surface area contributed by atoms with Gasteiger partial charge in [-0.15, -0.1) is 6.42 Å². The second-order valence-electron chi connectivity index (χ2n) is 12.1. The fourth-order valence-corrected chi connectivity index (χ4v) is 8.70. The zero-order chi connectivity index (χ0) is 30.7. The van der Waals surface area contributed by atoms with Crippen molar-refractivity contribution in [1.82, 2.24) is 19.9 Å². The van der Waals surface area contributed by atoms with Crippen molar-refractivity contribution in [2.75, 3.05) is 49.7 Å². The van der Waals surface area contributed by atoms with Crippen LogP contribution in [0.3, 0.4) is 0 Å². The molecule has 2 aromatic heterocycles. The van der Waals surface area contributed by atoms with E-state index >= 15 is 4.39 Å². The van der Waals surface area contributed by atoms with E-state index in [9.17, 15) is 18.1 Å². The van der Waals surface area contributed by atoms with Crippen LogP contribution in [0.25, 0.3) is 32.9 Å². The van der Waals surface area contributed by atoms with E-state index in [0.29, 0.717) is 53.8 Å². The molecular formula is C32H30F3N5O3S. The summed E-state index contributed by atoms with van der Waals surface area (Å²) in [6.07, 6.45) is 9.83. The molecule has 2 unspecified atom stereocenters. The molecule has 2 atom stereocenters. The van der Waals surface area contributed by atoms with Crippen molar-refractivity contribution >= 4 is 38.3 Å². The highest BCUT2D eigenvalue weighted by atomic mass is 32.2. The molecule has 4 saturated heterocycles. The average molecular weight is 622 g/mol. The predicted octanol–water partition coefficient (Wildman–Crippen LogP) is 4.58. The van der Waals surface area contributed by atoms with Gasteiger partial charge in [0.05, 0.1) is 18.1 Å². The van der Waals surface area contributed by atoms with Crippen LogP contribution >= 0.6 is 0 Å². The molecular weight excluding hydrogens is 591 g/mol. The van der Waals surface area contributed by atoms with Gasteiger partial charge >= 0.3 is 6.01 Å². The third-order valence-corrected chi connectivity index (χ3v) is 10.9. The Morgan fingerprint density at radius 1 is 1.20 bits per heavy atom. The van der Waals surface area contributed by atoms with E-state index in [0.717, 1.165) is 13.0 Å². The molecule has 228 valence electrons. The number of phenolic OH excluding ortho intramolecular Hbond substituents is 1. The van der Waals surface area contributed by atoms with E-state index in [4.69, 9.17) is 11.2 Å². The second kappa shape index (κ2) is 10.9. The first-order chi connectivity index (χ1) is 21.2. The molecule has 4 aliphatic heterocycles. The fraction of sp³-hybridized carbons (Fsp3) is 0.406. The van der Waals surface area contributed by atoms with Crippen LogP contribution in [-0.2, 0) is 10.8 Å². The van der Waals surface area contributed by atoms with Gasteiger partial charge in [-0.05, 0) is 49.4 Å². The van der Waals surface area contributed by atoms with E-state index in [1.807, 2.05) is 4.90 Å². The van der Waals surface area contributed by atoms with Crippen LogP contribution in [-0.4, -0.2) is 86.2 Å². The maximum Gasteiger partial charge on any atom is 0.318 e. The number of terminal acetylenes is 1. The van der Waals surface area contributed by atoms with Gasteiger partial charge in [-0.1, -0.05) is 12.0 Å². The van der Waals surface area contributed by atoms with Crippen LogP contribution in [0.5, 0.6) is 11.8 Å². The number of anilines is 1. The topological polar surface area (TPSA) is 91.7 Å². The monoisotopic (exact) mass is 621 g/mol. The smallest absolute Gasteiger partial charge is 0.318 e. The molecule has 0 amide bonds. The van der Waals surface area contributed by atoms with Crippen molar-refractivity contribution in [1.29, 1.82) is 0 Å². The minimum atomic E-state index is -0.778. The van der Waals surface area contributed by atoms with Crippen molar-refractivity contribution in [3.05, 3.63) is 47.7 Å². The zero-order valence-electron chi connectivity index (χ0n) is 24.0. The lowest BCUT2D eigenvalue weighted by molar-refractivity contribution is 0.262. The van der Waals surface area contributed by atoms with E-state index in [1.54, 1.807) is 0 Å². The molecule has 0 saturated carbocycles. The highest BCUT2D eigenvalue weighted by Gasteiger charge is 2.52. The Balaban J connectivity index is 0.000000296. The molecule has 2 aromatic carbocycles. The number of phenols is 1. The van der Waals surface area contributed by atoms with E-state index in [2.05, 4.69) is 25.8 Å². The number of halogens is 3. The van der Waals surface area contributed by atoms with Gasteiger partial charge < -0.3 is 14.7 Å². The largest absolute Gasteiger partial charge is 0.508 e. The van der Waals surface area contributed by atoms with E-state index in [-0.39, 0.29) is 44.9 Å². The van der Waals surface area contributed by atoms with Gasteiger partial charge in [0.15, 0.2) is 5.82 Å². The molecule has 44 heavy (non-hydrogen) atoms. The molecule has 1 spiro atoms. The molecule has 1 N–H and O–H groups in total. The summed E-state index contributed by atoms with van der Waals surface area (Å²) in [4.78, 5) is 17.2. The summed E-state index contributed by atoms with van der Waals surface area (Å²) in [6.45, 7) is 3.16. The summed E-state index contributed by atoms with van der Waals surface area (Å²) in [5, 5.41) is 11.4. The van der Waals surface area contributed by atoms with Crippen LogP contribution < -0.4 is 9.64 Å². The number of nitrogens with zero attached hydrogens (tertiary/aromatic N) is 5.